The predicted octanol–water partition coefficient (Wildman–Crippen LogP) is 0.682. The van der Waals surface area contributed by atoms with E-state index in [9.17, 15) is 14.4 Å². The van der Waals surface area contributed by atoms with Crippen LogP contribution in [0.15, 0.2) is 9.59 Å². The van der Waals surface area contributed by atoms with Crippen LogP contribution in [0.25, 0.3) is 10.2 Å². The number of aromatic nitrogens is 2. The molecule has 1 fully saturated rings. The lowest BCUT2D eigenvalue weighted by Gasteiger charge is -2.23. The maximum Gasteiger partial charge on any atom is 0.346 e. The van der Waals surface area contributed by atoms with Crippen LogP contribution in [0.5, 0.6) is 0 Å². The largest absolute Gasteiger partial charge is 0.477 e. The molecular weight excluding hydrogens is 294 g/mol. The number of H-pyrrole nitrogens is 1. The standard InChI is InChI=1S/C13H15N3O4S/c1-6-8-10(21-9(6)12(18)19)15-13(20)16(11(8)17)7-2-4-14-5-3-7/h7,14H,2-5H2,1H3,(H,15,20)(H,18,19). The molecule has 2 aromatic heterocycles. The van der Waals surface area contributed by atoms with E-state index in [0.717, 1.165) is 24.4 Å². The number of hydrogen-bond donors (Lipinski definition) is 3. The van der Waals surface area contributed by atoms with Crippen molar-refractivity contribution in [1.29, 1.82) is 0 Å². The fourth-order valence-corrected chi connectivity index (χ4v) is 3.86. The van der Waals surface area contributed by atoms with Crippen LogP contribution >= 0.6 is 11.3 Å². The Labute approximate surface area is 123 Å². The molecular formula is C13H15N3O4S. The number of fused-ring (bicyclic) bond motifs is 1. The molecule has 1 saturated heterocycles. The summed E-state index contributed by atoms with van der Waals surface area (Å²) < 4.78 is 1.24. The Morgan fingerprint density at radius 1 is 1.33 bits per heavy atom. The molecule has 2 aromatic rings. The van der Waals surface area contributed by atoms with E-state index in [1.807, 2.05) is 0 Å². The van der Waals surface area contributed by atoms with E-state index in [4.69, 9.17) is 5.11 Å². The summed E-state index contributed by atoms with van der Waals surface area (Å²) in [4.78, 5) is 39.1. The van der Waals surface area contributed by atoms with Gasteiger partial charge in [0.2, 0.25) is 0 Å². The summed E-state index contributed by atoms with van der Waals surface area (Å²) >= 11 is 0.935. The SMILES string of the molecule is Cc1c(C(=O)O)sc2[nH]c(=O)n(C3CCNCC3)c(=O)c12. The minimum atomic E-state index is -1.08. The van der Waals surface area contributed by atoms with E-state index < -0.39 is 11.7 Å². The van der Waals surface area contributed by atoms with Crippen molar-refractivity contribution in [3.63, 3.8) is 0 Å². The van der Waals surface area contributed by atoms with Gasteiger partial charge in [-0.1, -0.05) is 0 Å². The van der Waals surface area contributed by atoms with Gasteiger partial charge in [0.1, 0.15) is 9.71 Å². The molecule has 1 aliphatic heterocycles. The quantitative estimate of drug-likeness (QED) is 0.757. The molecule has 8 heteroatoms. The van der Waals surface area contributed by atoms with E-state index in [1.165, 1.54) is 4.57 Å². The van der Waals surface area contributed by atoms with Gasteiger partial charge in [0.15, 0.2) is 0 Å². The number of hydrogen-bond acceptors (Lipinski definition) is 5. The first-order valence-electron chi connectivity index (χ1n) is 6.72. The summed E-state index contributed by atoms with van der Waals surface area (Å²) in [6, 6.07) is -0.139. The monoisotopic (exact) mass is 309 g/mol. The van der Waals surface area contributed by atoms with Gasteiger partial charge in [0.05, 0.1) is 5.39 Å². The van der Waals surface area contributed by atoms with Gasteiger partial charge < -0.3 is 10.4 Å². The van der Waals surface area contributed by atoms with Gasteiger partial charge in [-0.15, -0.1) is 11.3 Å². The summed E-state index contributed by atoms with van der Waals surface area (Å²) in [6.45, 7) is 3.13. The summed E-state index contributed by atoms with van der Waals surface area (Å²) in [6.07, 6.45) is 1.42. The number of piperidine rings is 1. The van der Waals surface area contributed by atoms with Crippen LogP contribution < -0.4 is 16.6 Å². The van der Waals surface area contributed by atoms with Crippen LogP contribution in [0.2, 0.25) is 0 Å². The van der Waals surface area contributed by atoms with E-state index in [2.05, 4.69) is 10.3 Å². The summed E-state index contributed by atoms with van der Waals surface area (Å²) in [5.41, 5.74) is -0.425. The number of aromatic amines is 1. The Kier molecular flexibility index (Phi) is 3.42. The molecule has 21 heavy (non-hydrogen) atoms. The fraction of sp³-hybridized carbons (Fsp3) is 0.462. The Morgan fingerprint density at radius 3 is 2.62 bits per heavy atom. The molecule has 0 atom stereocenters. The van der Waals surface area contributed by atoms with Crippen LogP contribution in [0.4, 0.5) is 0 Å². The lowest BCUT2D eigenvalue weighted by molar-refractivity contribution is 0.0701. The highest BCUT2D eigenvalue weighted by molar-refractivity contribution is 7.20. The zero-order chi connectivity index (χ0) is 15.1. The Morgan fingerprint density at radius 2 is 2.00 bits per heavy atom. The van der Waals surface area contributed by atoms with E-state index in [1.54, 1.807) is 6.92 Å². The Balaban J connectivity index is 2.27. The molecule has 0 bridgehead atoms. The van der Waals surface area contributed by atoms with Crippen molar-refractivity contribution < 1.29 is 9.90 Å². The van der Waals surface area contributed by atoms with Crippen LogP contribution in [0.3, 0.4) is 0 Å². The molecule has 0 saturated carbocycles. The maximum absolute atomic E-state index is 12.6. The molecule has 0 spiro atoms. The molecule has 1 aliphatic rings. The van der Waals surface area contributed by atoms with Gasteiger partial charge >= 0.3 is 11.7 Å². The van der Waals surface area contributed by atoms with E-state index >= 15 is 0 Å². The number of carbonyl (C=O) groups is 1. The molecule has 0 amide bonds. The van der Waals surface area contributed by atoms with Crippen LogP contribution in [-0.2, 0) is 0 Å². The predicted molar refractivity (Wildman–Crippen MR) is 79.5 cm³/mol. The molecule has 112 valence electrons. The minimum Gasteiger partial charge on any atom is -0.477 e. The first-order chi connectivity index (χ1) is 10.0. The molecule has 3 rings (SSSR count). The van der Waals surface area contributed by atoms with E-state index in [0.29, 0.717) is 28.6 Å². The molecule has 3 N–H and O–H groups in total. The average molecular weight is 309 g/mol. The summed E-state index contributed by atoms with van der Waals surface area (Å²) in [5.74, 6) is -1.08. The van der Waals surface area contributed by atoms with Crippen molar-refractivity contribution in [2.45, 2.75) is 25.8 Å². The maximum atomic E-state index is 12.6. The van der Waals surface area contributed by atoms with Crippen molar-refractivity contribution >= 4 is 27.5 Å². The van der Waals surface area contributed by atoms with Crippen molar-refractivity contribution in [2.75, 3.05) is 13.1 Å². The zero-order valence-electron chi connectivity index (χ0n) is 11.4. The van der Waals surface area contributed by atoms with Gasteiger partial charge in [0.25, 0.3) is 5.56 Å². The van der Waals surface area contributed by atoms with E-state index in [-0.39, 0.29) is 16.5 Å². The third-order valence-corrected chi connectivity index (χ3v) is 5.08. The van der Waals surface area contributed by atoms with Crippen LogP contribution in [-0.4, -0.2) is 33.7 Å². The molecule has 0 radical (unpaired) electrons. The smallest absolute Gasteiger partial charge is 0.346 e. The highest BCUT2D eigenvalue weighted by Crippen LogP contribution is 2.26. The number of nitrogens with one attached hydrogen (secondary N) is 2. The molecule has 7 nitrogen and oxygen atoms in total. The number of carboxylic acid groups (broad SMARTS) is 1. The third kappa shape index (κ3) is 2.20. The average Bonchev–Trinajstić information content (AvgIpc) is 2.77. The van der Waals surface area contributed by atoms with Crippen molar-refractivity contribution in [3.8, 4) is 0 Å². The normalized spacial score (nSPS) is 16.4. The highest BCUT2D eigenvalue weighted by atomic mass is 32.1. The van der Waals surface area contributed by atoms with Crippen LogP contribution in [0.1, 0.15) is 34.1 Å². The third-order valence-electron chi connectivity index (χ3n) is 3.89. The lowest BCUT2D eigenvalue weighted by Crippen LogP contribution is -2.42. The van der Waals surface area contributed by atoms with Gasteiger partial charge in [-0.2, -0.15) is 0 Å². The Hall–Kier alpha value is -1.93. The van der Waals surface area contributed by atoms with Crippen LogP contribution in [0, 0.1) is 6.92 Å². The second kappa shape index (κ2) is 5.12. The highest BCUT2D eigenvalue weighted by Gasteiger charge is 2.23. The molecule has 0 unspecified atom stereocenters. The number of thiophene rings is 1. The van der Waals surface area contributed by atoms with Gasteiger partial charge in [-0.3, -0.25) is 14.3 Å². The fourth-order valence-electron chi connectivity index (χ4n) is 2.83. The second-order valence-electron chi connectivity index (χ2n) is 5.15. The van der Waals surface area contributed by atoms with Crippen molar-refractivity contribution in [2.24, 2.45) is 0 Å². The van der Waals surface area contributed by atoms with Gasteiger partial charge in [0, 0.05) is 6.04 Å². The number of aromatic carboxylic acids is 1. The van der Waals surface area contributed by atoms with Gasteiger partial charge in [-0.25, -0.2) is 9.59 Å². The lowest BCUT2D eigenvalue weighted by atomic mass is 10.1. The topological polar surface area (TPSA) is 104 Å². The first kappa shape index (κ1) is 14.0. The Bertz CT molecular complexity index is 826. The van der Waals surface area contributed by atoms with Crippen molar-refractivity contribution in [3.05, 3.63) is 31.3 Å². The van der Waals surface area contributed by atoms with Crippen molar-refractivity contribution in [1.82, 2.24) is 14.9 Å². The minimum absolute atomic E-state index is 0.0980. The number of carboxylic acids is 1. The molecule has 0 aromatic carbocycles. The summed E-state index contributed by atoms with van der Waals surface area (Å²) in [5, 5.41) is 12.6. The number of rotatable bonds is 2. The van der Waals surface area contributed by atoms with Gasteiger partial charge in [-0.05, 0) is 38.4 Å². The second-order valence-corrected chi connectivity index (χ2v) is 6.17. The molecule has 0 aliphatic carbocycles. The summed E-state index contributed by atoms with van der Waals surface area (Å²) in [7, 11) is 0. The first-order valence-corrected chi connectivity index (χ1v) is 7.54. The molecule has 3 heterocycles. The zero-order valence-corrected chi connectivity index (χ0v) is 12.2. The number of nitrogens with zero attached hydrogens (tertiary/aromatic N) is 1. The number of aryl methyl sites for hydroxylation is 1.